The molecule has 8 heteroatoms. The number of aryl methyl sites for hydroxylation is 1. The minimum absolute atomic E-state index is 0.0485. The van der Waals surface area contributed by atoms with Crippen LogP contribution in [0.4, 0.5) is 0 Å². The predicted molar refractivity (Wildman–Crippen MR) is 171 cm³/mol. The van der Waals surface area contributed by atoms with Gasteiger partial charge in [0.2, 0.25) is 0 Å². The molecule has 45 heavy (non-hydrogen) atoms. The zero-order valence-corrected chi connectivity index (χ0v) is 25.2. The van der Waals surface area contributed by atoms with Gasteiger partial charge < -0.3 is 24.2 Å². The number of hydrogen-bond acceptors (Lipinski definition) is 7. The van der Waals surface area contributed by atoms with Crippen molar-refractivity contribution in [1.29, 1.82) is 0 Å². The molecule has 0 radical (unpaired) electrons. The Hall–Kier alpha value is -4.92. The van der Waals surface area contributed by atoms with Gasteiger partial charge in [0.25, 0.3) is 11.7 Å². The number of carbonyl (C=O) groups is 2. The number of amides is 1. The van der Waals surface area contributed by atoms with Gasteiger partial charge in [-0.2, -0.15) is 0 Å². The highest BCUT2D eigenvalue weighted by Gasteiger charge is 2.46. The molecule has 4 aromatic carbocycles. The van der Waals surface area contributed by atoms with Crippen LogP contribution in [0.1, 0.15) is 28.3 Å². The molecule has 0 spiro atoms. The van der Waals surface area contributed by atoms with Crippen LogP contribution in [0.3, 0.4) is 0 Å². The summed E-state index contributed by atoms with van der Waals surface area (Å²) >= 11 is 0. The van der Waals surface area contributed by atoms with E-state index in [1.807, 2.05) is 85.8 Å². The Morgan fingerprint density at radius 2 is 1.53 bits per heavy atom. The molecular weight excluding hydrogens is 568 g/mol. The summed E-state index contributed by atoms with van der Waals surface area (Å²) in [6.45, 7) is 6.13. The molecule has 0 aliphatic carbocycles. The number of nitrogens with zero attached hydrogens (tertiary/aromatic N) is 2. The number of para-hydroxylation sites is 1. The minimum Gasteiger partial charge on any atom is -0.507 e. The number of carbonyl (C=O) groups excluding carboxylic acids is 2. The highest BCUT2D eigenvalue weighted by Crippen LogP contribution is 2.40. The summed E-state index contributed by atoms with van der Waals surface area (Å²) in [7, 11) is 0. The smallest absolute Gasteiger partial charge is 0.295 e. The molecule has 8 nitrogen and oxygen atoms in total. The maximum atomic E-state index is 13.6. The third kappa shape index (κ3) is 6.93. The largest absolute Gasteiger partial charge is 0.507 e. The van der Waals surface area contributed by atoms with Crippen molar-refractivity contribution in [2.45, 2.75) is 19.6 Å². The molecule has 1 amide bonds. The molecule has 2 aliphatic rings. The molecule has 0 bridgehead atoms. The molecule has 1 atom stereocenters. The fraction of sp³-hybridized carbons (Fsp3) is 0.243. The van der Waals surface area contributed by atoms with E-state index >= 15 is 0 Å². The normalized spacial score (nSPS) is 18.2. The molecule has 6 rings (SSSR count). The van der Waals surface area contributed by atoms with E-state index in [-0.39, 0.29) is 11.3 Å². The summed E-state index contributed by atoms with van der Waals surface area (Å²) in [6, 6.07) is 30.9. The van der Waals surface area contributed by atoms with E-state index < -0.39 is 17.7 Å². The minimum atomic E-state index is -0.789. The Morgan fingerprint density at radius 1 is 0.822 bits per heavy atom. The molecule has 2 heterocycles. The Kier molecular flexibility index (Phi) is 9.24. The number of aliphatic hydroxyl groups is 1. The van der Waals surface area contributed by atoms with Crippen molar-refractivity contribution in [1.82, 2.24) is 9.80 Å². The summed E-state index contributed by atoms with van der Waals surface area (Å²) in [5.41, 5.74) is 3.37. The van der Waals surface area contributed by atoms with Crippen molar-refractivity contribution in [3.05, 3.63) is 131 Å². The molecule has 230 valence electrons. The third-order valence-electron chi connectivity index (χ3n) is 8.24. The van der Waals surface area contributed by atoms with Crippen LogP contribution in [0.15, 0.2) is 109 Å². The molecule has 2 saturated heterocycles. The van der Waals surface area contributed by atoms with Crippen molar-refractivity contribution < 1.29 is 28.9 Å². The summed E-state index contributed by atoms with van der Waals surface area (Å²) in [4.78, 5) is 30.9. The van der Waals surface area contributed by atoms with Crippen LogP contribution >= 0.6 is 0 Å². The van der Waals surface area contributed by atoms with E-state index in [9.17, 15) is 14.7 Å². The van der Waals surface area contributed by atoms with Gasteiger partial charge in [0, 0.05) is 31.7 Å². The maximum Gasteiger partial charge on any atom is 0.295 e. The van der Waals surface area contributed by atoms with Crippen LogP contribution in [0.25, 0.3) is 5.76 Å². The number of rotatable bonds is 10. The number of ether oxygens (including phenoxy) is 3. The number of aliphatic hydroxyl groups excluding tert-OH is 1. The fourth-order valence-electron chi connectivity index (χ4n) is 5.70. The van der Waals surface area contributed by atoms with Gasteiger partial charge >= 0.3 is 0 Å². The van der Waals surface area contributed by atoms with Gasteiger partial charge in [-0.25, -0.2) is 0 Å². The first-order valence-electron chi connectivity index (χ1n) is 15.2. The first-order chi connectivity index (χ1) is 22.0. The van der Waals surface area contributed by atoms with Crippen LogP contribution in [-0.4, -0.2) is 66.0 Å². The number of Topliss-reactive ketones (excluding diaryl/α,β-unsaturated/α-hetero) is 1. The van der Waals surface area contributed by atoms with E-state index in [4.69, 9.17) is 14.2 Å². The quantitative estimate of drug-likeness (QED) is 0.133. The monoisotopic (exact) mass is 604 g/mol. The Balaban J connectivity index is 1.30. The lowest BCUT2D eigenvalue weighted by Gasteiger charge is -2.31. The standard InChI is InChI=1S/C37H36N2O6/c1-26-8-5-6-9-29(26)25-44-30-16-14-27(15-17-30)35(40)33-34(28-10-7-13-32(24-28)45-31-11-3-2-4-12-31)39(37(42)36(33)41)19-18-38-20-22-43-23-21-38/h2-17,24,34,40H,18-23,25H2,1H3. The summed E-state index contributed by atoms with van der Waals surface area (Å²) in [5, 5.41) is 11.6. The van der Waals surface area contributed by atoms with E-state index in [1.165, 1.54) is 0 Å². The predicted octanol–water partition coefficient (Wildman–Crippen LogP) is 6.12. The van der Waals surface area contributed by atoms with Gasteiger partial charge in [0.05, 0.1) is 24.8 Å². The second kappa shape index (κ2) is 13.8. The molecule has 2 fully saturated rings. The van der Waals surface area contributed by atoms with E-state index in [0.717, 1.165) is 24.2 Å². The lowest BCUT2D eigenvalue weighted by Crippen LogP contribution is -2.42. The van der Waals surface area contributed by atoms with Crippen molar-refractivity contribution in [3.63, 3.8) is 0 Å². The van der Waals surface area contributed by atoms with Crippen LogP contribution in [0.5, 0.6) is 17.2 Å². The van der Waals surface area contributed by atoms with E-state index in [2.05, 4.69) is 4.90 Å². The molecule has 4 aromatic rings. The Bertz CT molecular complexity index is 1680. The van der Waals surface area contributed by atoms with Crippen molar-refractivity contribution in [2.24, 2.45) is 0 Å². The molecule has 0 aromatic heterocycles. The number of morpholine rings is 1. The van der Waals surface area contributed by atoms with Crippen LogP contribution in [0.2, 0.25) is 0 Å². The van der Waals surface area contributed by atoms with Crippen molar-refractivity contribution >= 4 is 17.4 Å². The first kappa shape index (κ1) is 30.1. The third-order valence-corrected chi connectivity index (χ3v) is 8.24. The van der Waals surface area contributed by atoms with Gasteiger partial charge in [0.1, 0.15) is 29.6 Å². The molecule has 2 aliphatic heterocycles. The highest BCUT2D eigenvalue weighted by molar-refractivity contribution is 6.46. The zero-order chi connectivity index (χ0) is 31.2. The van der Waals surface area contributed by atoms with Crippen LogP contribution in [-0.2, 0) is 20.9 Å². The van der Waals surface area contributed by atoms with Crippen LogP contribution < -0.4 is 9.47 Å². The molecule has 1 N–H and O–H groups in total. The second-order valence-electron chi connectivity index (χ2n) is 11.2. The summed E-state index contributed by atoms with van der Waals surface area (Å²) in [6.07, 6.45) is 0. The summed E-state index contributed by atoms with van der Waals surface area (Å²) < 4.78 is 17.5. The topological polar surface area (TPSA) is 88.5 Å². The number of benzene rings is 4. The number of likely N-dealkylation sites (tertiary alicyclic amines) is 1. The lowest BCUT2D eigenvalue weighted by atomic mass is 9.95. The van der Waals surface area contributed by atoms with Gasteiger partial charge in [0.15, 0.2) is 0 Å². The van der Waals surface area contributed by atoms with E-state index in [0.29, 0.717) is 61.3 Å². The second-order valence-corrected chi connectivity index (χ2v) is 11.2. The lowest BCUT2D eigenvalue weighted by molar-refractivity contribution is -0.140. The Labute approximate surface area is 263 Å². The van der Waals surface area contributed by atoms with Gasteiger partial charge in [-0.05, 0) is 72.1 Å². The zero-order valence-electron chi connectivity index (χ0n) is 25.2. The van der Waals surface area contributed by atoms with Crippen molar-refractivity contribution in [2.75, 3.05) is 39.4 Å². The van der Waals surface area contributed by atoms with Crippen molar-refractivity contribution in [3.8, 4) is 17.2 Å². The maximum absolute atomic E-state index is 13.6. The number of ketones is 1. The summed E-state index contributed by atoms with van der Waals surface area (Å²) in [5.74, 6) is 0.277. The van der Waals surface area contributed by atoms with Gasteiger partial charge in [-0.1, -0.05) is 54.6 Å². The average Bonchev–Trinajstić information content (AvgIpc) is 3.33. The van der Waals surface area contributed by atoms with E-state index in [1.54, 1.807) is 29.2 Å². The van der Waals surface area contributed by atoms with Crippen LogP contribution in [0, 0.1) is 6.92 Å². The van der Waals surface area contributed by atoms with Gasteiger partial charge in [-0.3, -0.25) is 14.5 Å². The molecule has 1 unspecified atom stereocenters. The number of hydrogen-bond donors (Lipinski definition) is 1. The SMILES string of the molecule is Cc1ccccc1COc1ccc(C(O)=C2C(=O)C(=O)N(CCN3CCOCC3)C2c2cccc(Oc3ccccc3)c2)cc1. The molecular formula is C37H36N2O6. The molecule has 0 saturated carbocycles. The average molecular weight is 605 g/mol. The Morgan fingerprint density at radius 3 is 2.29 bits per heavy atom. The van der Waals surface area contributed by atoms with Gasteiger partial charge in [-0.15, -0.1) is 0 Å². The highest BCUT2D eigenvalue weighted by atomic mass is 16.5. The first-order valence-corrected chi connectivity index (χ1v) is 15.2. The fourth-order valence-corrected chi connectivity index (χ4v) is 5.70.